The largest absolute Gasteiger partial charge is 0.317 e. The molecule has 0 saturated heterocycles. The SMILES string of the molecule is CC(C)CCCNCCCS(C)(=O)=O. The molecule has 0 unspecified atom stereocenters. The second kappa shape index (κ2) is 7.23. The smallest absolute Gasteiger partial charge is 0.147 e. The summed E-state index contributed by atoms with van der Waals surface area (Å²) in [5.74, 6) is 1.05. The van der Waals surface area contributed by atoms with E-state index in [9.17, 15) is 8.42 Å². The zero-order chi connectivity index (χ0) is 11.0. The van der Waals surface area contributed by atoms with E-state index in [0.717, 1.165) is 25.4 Å². The van der Waals surface area contributed by atoms with E-state index in [0.29, 0.717) is 5.75 Å². The minimum absolute atomic E-state index is 0.296. The molecule has 0 aromatic rings. The van der Waals surface area contributed by atoms with Gasteiger partial charge in [0.2, 0.25) is 0 Å². The van der Waals surface area contributed by atoms with Crippen molar-refractivity contribution < 1.29 is 8.42 Å². The van der Waals surface area contributed by atoms with Gasteiger partial charge in [-0.05, 0) is 38.3 Å². The van der Waals surface area contributed by atoms with Crippen LogP contribution in [-0.2, 0) is 9.84 Å². The minimum Gasteiger partial charge on any atom is -0.317 e. The van der Waals surface area contributed by atoms with Crippen LogP contribution in [0.4, 0.5) is 0 Å². The number of hydrogen-bond donors (Lipinski definition) is 1. The van der Waals surface area contributed by atoms with Crippen LogP contribution in [0.1, 0.15) is 33.1 Å². The summed E-state index contributed by atoms with van der Waals surface area (Å²) in [5, 5.41) is 3.25. The van der Waals surface area contributed by atoms with Crippen molar-refractivity contribution in [2.75, 3.05) is 25.1 Å². The first-order valence-electron chi connectivity index (χ1n) is 5.30. The molecule has 0 fully saturated rings. The Bertz CT molecular complexity index is 222. The molecule has 0 rings (SSSR count). The van der Waals surface area contributed by atoms with Crippen LogP contribution in [0.15, 0.2) is 0 Å². The molecule has 0 spiro atoms. The van der Waals surface area contributed by atoms with Crippen molar-refractivity contribution >= 4 is 9.84 Å². The Hall–Kier alpha value is -0.0900. The molecule has 0 amide bonds. The normalized spacial score (nSPS) is 12.3. The van der Waals surface area contributed by atoms with E-state index in [1.807, 2.05) is 0 Å². The molecule has 0 saturated carbocycles. The van der Waals surface area contributed by atoms with E-state index in [1.165, 1.54) is 19.1 Å². The third kappa shape index (κ3) is 11.9. The number of rotatable bonds is 8. The summed E-state index contributed by atoms with van der Waals surface area (Å²) in [4.78, 5) is 0. The van der Waals surface area contributed by atoms with Crippen molar-refractivity contribution in [2.24, 2.45) is 5.92 Å². The maximum atomic E-state index is 10.8. The van der Waals surface area contributed by atoms with Crippen LogP contribution < -0.4 is 5.32 Å². The Labute approximate surface area is 88.2 Å². The van der Waals surface area contributed by atoms with Crippen LogP contribution in [0.3, 0.4) is 0 Å². The first-order valence-corrected chi connectivity index (χ1v) is 7.36. The maximum Gasteiger partial charge on any atom is 0.147 e. The molecule has 0 aliphatic carbocycles. The Kier molecular flexibility index (Phi) is 7.19. The van der Waals surface area contributed by atoms with E-state index >= 15 is 0 Å². The maximum absolute atomic E-state index is 10.8. The van der Waals surface area contributed by atoms with Gasteiger partial charge in [-0.2, -0.15) is 0 Å². The predicted octanol–water partition coefficient (Wildman–Crippen LogP) is 1.45. The highest BCUT2D eigenvalue weighted by molar-refractivity contribution is 7.90. The van der Waals surface area contributed by atoms with Gasteiger partial charge in [0.05, 0.1) is 5.75 Å². The van der Waals surface area contributed by atoms with Gasteiger partial charge in [-0.15, -0.1) is 0 Å². The highest BCUT2D eigenvalue weighted by atomic mass is 32.2. The van der Waals surface area contributed by atoms with Gasteiger partial charge < -0.3 is 5.32 Å². The fourth-order valence-electron chi connectivity index (χ4n) is 1.22. The van der Waals surface area contributed by atoms with Gasteiger partial charge >= 0.3 is 0 Å². The van der Waals surface area contributed by atoms with Crippen LogP contribution in [0.5, 0.6) is 0 Å². The van der Waals surface area contributed by atoms with Crippen molar-refractivity contribution in [3.8, 4) is 0 Å². The van der Waals surface area contributed by atoms with Crippen molar-refractivity contribution in [1.29, 1.82) is 0 Å². The van der Waals surface area contributed by atoms with E-state index in [2.05, 4.69) is 19.2 Å². The molecule has 0 bridgehead atoms. The number of nitrogens with one attached hydrogen (secondary N) is 1. The molecule has 0 radical (unpaired) electrons. The Morgan fingerprint density at radius 1 is 1.14 bits per heavy atom. The summed E-state index contributed by atoms with van der Waals surface area (Å²) >= 11 is 0. The van der Waals surface area contributed by atoms with Crippen molar-refractivity contribution in [2.45, 2.75) is 33.1 Å². The molecule has 0 aliphatic heterocycles. The van der Waals surface area contributed by atoms with Gasteiger partial charge in [-0.25, -0.2) is 8.42 Å². The highest BCUT2D eigenvalue weighted by Gasteiger charge is 2.00. The van der Waals surface area contributed by atoms with Crippen molar-refractivity contribution in [3.63, 3.8) is 0 Å². The second-order valence-corrected chi connectivity index (χ2v) is 6.53. The first kappa shape index (κ1) is 13.9. The Morgan fingerprint density at radius 3 is 2.21 bits per heavy atom. The van der Waals surface area contributed by atoms with Crippen molar-refractivity contribution in [3.05, 3.63) is 0 Å². The van der Waals surface area contributed by atoms with Gasteiger partial charge in [0.15, 0.2) is 0 Å². The molecule has 0 heterocycles. The quantitative estimate of drug-likeness (QED) is 0.631. The van der Waals surface area contributed by atoms with Gasteiger partial charge in [0.1, 0.15) is 9.84 Å². The summed E-state index contributed by atoms with van der Waals surface area (Å²) in [6, 6.07) is 0. The van der Waals surface area contributed by atoms with E-state index < -0.39 is 9.84 Å². The highest BCUT2D eigenvalue weighted by Crippen LogP contribution is 2.01. The average Bonchev–Trinajstić information content (AvgIpc) is 2.00. The van der Waals surface area contributed by atoms with Gasteiger partial charge in [-0.3, -0.25) is 0 Å². The van der Waals surface area contributed by atoms with Gasteiger partial charge in [-0.1, -0.05) is 13.8 Å². The van der Waals surface area contributed by atoms with Gasteiger partial charge in [0, 0.05) is 6.26 Å². The summed E-state index contributed by atoms with van der Waals surface area (Å²) < 4.78 is 21.6. The Balaban J connectivity index is 3.15. The zero-order valence-corrected chi connectivity index (χ0v) is 10.4. The van der Waals surface area contributed by atoms with E-state index in [-0.39, 0.29) is 0 Å². The van der Waals surface area contributed by atoms with Crippen LogP contribution in [0.25, 0.3) is 0 Å². The molecule has 86 valence electrons. The molecule has 0 aromatic heterocycles. The average molecular weight is 221 g/mol. The Morgan fingerprint density at radius 2 is 1.71 bits per heavy atom. The summed E-state index contributed by atoms with van der Waals surface area (Å²) in [6.45, 7) is 6.24. The molecule has 0 aromatic carbocycles. The summed E-state index contributed by atoms with van der Waals surface area (Å²) in [5.41, 5.74) is 0. The lowest BCUT2D eigenvalue weighted by molar-refractivity contribution is 0.526. The molecule has 1 N–H and O–H groups in total. The fraction of sp³-hybridized carbons (Fsp3) is 1.00. The molecule has 0 atom stereocenters. The molecule has 3 nitrogen and oxygen atoms in total. The molecule has 14 heavy (non-hydrogen) atoms. The lowest BCUT2D eigenvalue weighted by Gasteiger charge is -2.05. The molecular weight excluding hydrogens is 198 g/mol. The lowest BCUT2D eigenvalue weighted by atomic mass is 10.1. The molecule has 4 heteroatoms. The van der Waals surface area contributed by atoms with Crippen LogP contribution in [-0.4, -0.2) is 33.5 Å². The van der Waals surface area contributed by atoms with E-state index in [1.54, 1.807) is 0 Å². The van der Waals surface area contributed by atoms with E-state index in [4.69, 9.17) is 0 Å². The number of sulfone groups is 1. The standard InChI is InChI=1S/C10H23NO2S/c1-10(2)6-4-7-11-8-5-9-14(3,12)13/h10-11H,4-9H2,1-3H3. The third-order valence-corrected chi connectivity index (χ3v) is 3.03. The van der Waals surface area contributed by atoms with Crippen LogP contribution >= 0.6 is 0 Å². The van der Waals surface area contributed by atoms with Crippen LogP contribution in [0, 0.1) is 5.92 Å². The molecular formula is C10H23NO2S. The predicted molar refractivity (Wildman–Crippen MR) is 61.3 cm³/mol. The monoisotopic (exact) mass is 221 g/mol. The van der Waals surface area contributed by atoms with Gasteiger partial charge in [0.25, 0.3) is 0 Å². The first-order chi connectivity index (χ1) is 6.42. The second-order valence-electron chi connectivity index (χ2n) is 4.27. The van der Waals surface area contributed by atoms with Crippen LogP contribution in [0.2, 0.25) is 0 Å². The number of hydrogen-bond acceptors (Lipinski definition) is 3. The molecule has 0 aliphatic rings. The topological polar surface area (TPSA) is 46.2 Å². The summed E-state index contributed by atoms with van der Waals surface area (Å²) in [7, 11) is -2.77. The van der Waals surface area contributed by atoms with Crippen molar-refractivity contribution in [1.82, 2.24) is 5.32 Å². The lowest BCUT2D eigenvalue weighted by Crippen LogP contribution is -2.19. The summed E-state index contributed by atoms with van der Waals surface area (Å²) in [6.07, 6.45) is 4.42. The third-order valence-electron chi connectivity index (χ3n) is 2.00. The fourth-order valence-corrected chi connectivity index (χ4v) is 1.89. The zero-order valence-electron chi connectivity index (χ0n) is 9.54. The minimum atomic E-state index is -2.77.